The van der Waals surface area contributed by atoms with Gasteiger partial charge in [-0.25, -0.2) is 8.42 Å². The SMILES string of the molecule is Cc1ccc(NC(=O)CCC(=O)c2cccs2)cc1S(=O)(=O)Nc1ccccc1Cl. The molecule has 1 aromatic heterocycles. The summed E-state index contributed by atoms with van der Waals surface area (Å²) in [6.45, 7) is 1.66. The second-order valence-electron chi connectivity index (χ2n) is 6.51. The molecule has 1 heterocycles. The summed E-state index contributed by atoms with van der Waals surface area (Å²) in [7, 11) is -3.92. The molecule has 9 heteroatoms. The highest BCUT2D eigenvalue weighted by Gasteiger charge is 2.19. The topological polar surface area (TPSA) is 92.3 Å². The normalized spacial score (nSPS) is 11.1. The molecule has 6 nitrogen and oxygen atoms in total. The van der Waals surface area contributed by atoms with E-state index in [0.717, 1.165) is 0 Å². The quantitative estimate of drug-likeness (QED) is 0.455. The Balaban J connectivity index is 1.70. The second kappa shape index (κ2) is 9.42. The summed E-state index contributed by atoms with van der Waals surface area (Å²) in [5.41, 5.74) is 1.11. The standard InChI is InChI=1S/C21H19ClN2O4S2/c1-14-8-9-15(23-21(26)11-10-18(25)19-7-4-12-29-19)13-20(14)30(27,28)24-17-6-3-2-5-16(17)22/h2-9,12-13,24H,10-11H2,1H3,(H,23,26). The lowest BCUT2D eigenvalue weighted by atomic mass is 10.2. The molecule has 2 aromatic carbocycles. The van der Waals surface area contributed by atoms with Crippen LogP contribution in [-0.4, -0.2) is 20.1 Å². The van der Waals surface area contributed by atoms with Crippen LogP contribution in [0.25, 0.3) is 0 Å². The smallest absolute Gasteiger partial charge is 0.262 e. The largest absolute Gasteiger partial charge is 0.326 e. The zero-order valence-corrected chi connectivity index (χ0v) is 18.4. The number of ketones is 1. The first kappa shape index (κ1) is 22.0. The monoisotopic (exact) mass is 462 g/mol. The number of benzene rings is 2. The third-order valence-electron chi connectivity index (χ3n) is 4.25. The summed E-state index contributed by atoms with van der Waals surface area (Å²) in [4.78, 5) is 24.9. The highest BCUT2D eigenvalue weighted by molar-refractivity contribution is 7.92. The van der Waals surface area contributed by atoms with Crippen molar-refractivity contribution in [3.8, 4) is 0 Å². The van der Waals surface area contributed by atoms with E-state index in [9.17, 15) is 18.0 Å². The van der Waals surface area contributed by atoms with Crippen molar-refractivity contribution < 1.29 is 18.0 Å². The second-order valence-corrected chi connectivity index (χ2v) is 9.52. The first-order chi connectivity index (χ1) is 14.3. The number of hydrogen-bond donors (Lipinski definition) is 2. The Hall–Kier alpha value is -2.68. The third kappa shape index (κ3) is 5.47. The van der Waals surface area contributed by atoms with Gasteiger partial charge in [0.1, 0.15) is 0 Å². The number of carbonyl (C=O) groups excluding carboxylic acids is 2. The number of halogens is 1. The fraction of sp³-hybridized carbons (Fsp3) is 0.143. The maximum Gasteiger partial charge on any atom is 0.262 e. The summed E-state index contributed by atoms with van der Waals surface area (Å²) in [6.07, 6.45) is 0.0853. The van der Waals surface area contributed by atoms with E-state index in [2.05, 4.69) is 10.0 Å². The molecule has 0 bridgehead atoms. The molecule has 0 aliphatic carbocycles. The number of anilines is 2. The molecule has 1 amide bonds. The molecule has 0 fully saturated rings. The van der Waals surface area contributed by atoms with Gasteiger partial charge in [-0.2, -0.15) is 0 Å². The summed E-state index contributed by atoms with van der Waals surface area (Å²) >= 11 is 7.37. The summed E-state index contributed by atoms with van der Waals surface area (Å²) in [5, 5.41) is 4.73. The predicted octanol–water partition coefficient (Wildman–Crippen LogP) is 5.11. The minimum Gasteiger partial charge on any atom is -0.326 e. The molecule has 3 rings (SSSR count). The molecule has 2 N–H and O–H groups in total. The molecular formula is C21H19ClN2O4S2. The van der Waals surface area contributed by atoms with Crippen molar-refractivity contribution in [2.24, 2.45) is 0 Å². The molecule has 156 valence electrons. The fourth-order valence-electron chi connectivity index (χ4n) is 2.72. The fourth-order valence-corrected chi connectivity index (χ4v) is 5.01. The first-order valence-electron chi connectivity index (χ1n) is 9.01. The molecule has 0 aliphatic rings. The Morgan fingerprint density at radius 2 is 1.80 bits per heavy atom. The van der Waals surface area contributed by atoms with E-state index in [0.29, 0.717) is 16.1 Å². The maximum atomic E-state index is 12.8. The lowest BCUT2D eigenvalue weighted by Gasteiger charge is -2.13. The summed E-state index contributed by atoms with van der Waals surface area (Å²) in [5.74, 6) is -0.470. The Morgan fingerprint density at radius 1 is 1.03 bits per heavy atom. The average molecular weight is 463 g/mol. The van der Waals surface area contributed by atoms with E-state index in [1.165, 1.54) is 17.4 Å². The van der Waals surface area contributed by atoms with E-state index in [1.807, 2.05) is 0 Å². The zero-order valence-electron chi connectivity index (χ0n) is 16.0. The van der Waals surface area contributed by atoms with Gasteiger partial charge in [0.05, 0.1) is 20.5 Å². The van der Waals surface area contributed by atoms with E-state index >= 15 is 0 Å². The number of Topliss-reactive ketones (excluding diaryl/α,β-unsaturated/α-hetero) is 1. The van der Waals surface area contributed by atoms with Crippen LogP contribution >= 0.6 is 22.9 Å². The van der Waals surface area contributed by atoms with E-state index in [-0.39, 0.29) is 40.1 Å². The molecular weight excluding hydrogens is 444 g/mol. The molecule has 0 unspecified atom stereocenters. The first-order valence-corrected chi connectivity index (χ1v) is 11.7. The molecule has 0 saturated heterocycles. The van der Waals surface area contributed by atoms with Crippen molar-refractivity contribution >= 4 is 56.0 Å². The number of sulfonamides is 1. The van der Waals surface area contributed by atoms with Crippen LogP contribution in [0.5, 0.6) is 0 Å². The van der Waals surface area contributed by atoms with Crippen molar-refractivity contribution in [1.82, 2.24) is 0 Å². The highest BCUT2D eigenvalue weighted by atomic mass is 35.5. The summed E-state index contributed by atoms with van der Waals surface area (Å²) in [6, 6.07) is 14.6. The third-order valence-corrected chi connectivity index (χ3v) is 7.00. The number of amides is 1. The van der Waals surface area contributed by atoms with Crippen LogP contribution in [0.15, 0.2) is 64.9 Å². The Kier molecular flexibility index (Phi) is 6.91. The molecule has 0 radical (unpaired) electrons. The number of rotatable bonds is 8. The molecule has 0 spiro atoms. The van der Waals surface area contributed by atoms with Gasteiger partial charge in [-0.15, -0.1) is 11.3 Å². The van der Waals surface area contributed by atoms with Gasteiger partial charge >= 0.3 is 0 Å². The Bertz CT molecular complexity index is 1180. The van der Waals surface area contributed by atoms with Gasteiger partial charge in [-0.05, 0) is 48.2 Å². The van der Waals surface area contributed by atoms with Crippen LogP contribution in [0, 0.1) is 6.92 Å². The van der Waals surface area contributed by atoms with Gasteiger partial charge in [-0.1, -0.05) is 35.9 Å². The van der Waals surface area contributed by atoms with Crippen LogP contribution < -0.4 is 10.0 Å². The lowest BCUT2D eigenvalue weighted by Crippen LogP contribution is -2.16. The molecule has 0 saturated carbocycles. The van der Waals surface area contributed by atoms with Crippen LogP contribution in [0.3, 0.4) is 0 Å². The van der Waals surface area contributed by atoms with Gasteiger partial charge in [0.2, 0.25) is 5.91 Å². The van der Waals surface area contributed by atoms with E-state index in [1.54, 1.807) is 60.8 Å². The van der Waals surface area contributed by atoms with Crippen LogP contribution in [0.4, 0.5) is 11.4 Å². The number of carbonyl (C=O) groups is 2. The van der Waals surface area contributed by atoms with Gasteiger partial charge in [0.25, 0.3) is 10.0 Å². The van der Waals surface area contributed by atoms with Crippen LogP contribution in [0.2, 0.25) is 5.02 Å². The number of thiophene rings is 1. The lowest BCUT2D eigenvalue weighted by molar-refractivity contribution is -0.116. The van der Waals surface area contributed by atoms with Gasteiger partial charge in [0, 0.05) is 18.5 Å². The van der Waals surface area contributed by atoms with Gasteiger partial charge in [0.15, 0.2) is 5.78 Å². The predicted molar refractivity (Wildman–Crippen MR) is 120 cm³/mol. The van der Waals surface area contributed by atoms with Gasteiger partial charge in [-0.3, -0.25) is 14.3 Å². The molecule has 0 atom stereocenters. The maximum absolute atomic E-state index is 12.8. The number of aryl methyl sites for hydroxylation is 1. The minimum absolute atomic E-state index is 0.00453. The van der Waals surface area contributed by atoms with Crippen LogP contribution in [0.1, 0.15) is 28.1 Å². The Morgan fingerprint density at radius 3 is 2.50 bits per heavy atom. The van der Waals surface area contributed by atoms with Crippen molar-refractivity contribution in [3.63, 3.8) is 0 Å². The van der Waals surface area contributed by atoms with Crippen molar-refractivity contribution in [3.05, 3.63) is 75.4 Å². The Labute approximate surface area is 183 Å². The van der Waals surface area contributed by atoms with Crippen molar-refractivity contribution in [1.29, 1.82) is 0 Å². The van der Waals surface area contributed by atoms with Gasteiger partial charge < -0.3 is 5.32 Å². The zero-order chi connectivity index (χ0) is 21.7. The van der Waals surface area contributed by atoms with Crippen molar-refractivity contribution in [2.45, 2.75) is 24.7 Å². The van der Waals surface area contributed by atoms with E-state index in [4.69, 9.17) is 11.6 Å². The number of hydrogen-bond acceptors (Lipinski definition) is 5. The number of nitrogens with one attached hydrogen (secondary N) is 2. The van der Waals surface area contributed by atoms with Crippen LogP contribution in [-0.2, 0) is 14.8 Å². The highest BCUT2D eigenvalue weighted by Crippen LogP contribution is 2.27. The minimum atomic E-state index is -3.92. The van der Waals surface area contributed by atoms with E-state index < -0.39 is 10.0 Å². The summed E-state index contributed by atoms with van der Waals surface area (Å²) < 4.78 is 28.1. The number of para-hydroxylation sites is 1. The van der Waals surface area contributed by atoms with Crippen molar-refractivity contribution in [2.75, 3.05) is 10.0 Å². The average Bonchev–Trinajstić information content (AvgIpc) is 3.24. The molecule has 0 aliphatic heterocycles. The molecule has 3 aromatic rings. The molecule has 30 heavy (non-hydrogen) atoms.